The maximum Gasteiger partial charge on any atom is 0.241 e. The number of sulfonamides is 1. The van der Waals surface area contributed by atoms with Crippen LogP contribution >= 0.6 is 0 Å². The lowest BCUT2D eigenvalue weighted by molar-refractivity contribution is -0.126. The molecular weight excluding hydrogens is 426 g/mol. The van der Waals surface area contributed by atoms with E-state index < -0.39 is 25.9 Å². The number of primary sulfonamides is 1. The molecule has 1 saturated heterocycles. The Hall–Kier alpha value is -2.27. The normalized spacial score (nSPS) is 17.9. The largest absolute Gasteiger partial charge is 0.354 e. The SMILES string of the molecule is NS(=O)(=O)c1ccc(CCNC(=O)C(c2ccccc2)N2CCS(=O)(=O)CC2)cc1. The van der Waals surface area contributed by atoms with E-state index in [1.54, 1.807) is 12.1 Å². The van der Waals surface area contributed by atoms with Crippen LogP contribution in [0.4, 0.5) is 0 Å². The van der Waals surface area contributed by atoms with E-state index in [9.17, 15) is 21.6 Å². The van der Waals surface area contributed by atoms with Gasteiger partial charge in [0.25, 0.3) is 0 Å². The highest BCUT2D eigenvalue weighted by molar-refractivity contribution is 7.91. The summed E-state index contributed by atoms with van der Waals surface area (Å²) in [4.78, 5) is 14.9. The summed E-state index contributed by atoms with van der Waals surface area (Å²) in [5.74, 6) is -0.110. The van der Waals surface area contributed by atoms with Gasteiger partial charge in [-0.2, -0.15) is 0 Å². The van der Waals surface area contributed by atoms with Crippen molar-refractivity contribution in [2.45, 2.75) is 17.4 Å². The van der Waals surface area contributed by atoms with Crippen LogP contribution in [-0.4, -0.2) is 58.8 Å². The van der Waals surface area contributed by atoms with E-state index in [-0.39, 0.29) is 22.3 Å². The molecule has 0 aliphatic carbocycles. The standard InChI is InChI=1S/C20H25N3O5S2/c21-30(27,28)18-8-6-16(7-9-18)10-11-22-20(24)19(17-4-2-1-3-5-17)23-12-14-29(25,26)15-13-23/h1-9,19H,10-15H2,(H,22,24)(H2,21,27,28). The van der Waals surface area contributed by atoms with Crippen LogP contribution in [-0.2, 0) is 31.1 Å². The maximum absolute atomic E-state index is 13.0. The molecule has 1 fully saturated rings. The van der Waals surface area contributed by atoms with Crippen molar-refractivity contribution in [3.8, 4) is 0 Å². The minimum Gasteiger partial charge on any atom is -0.354 e. The van der Waals surface area contributed by atoms with Crippen LogP contribution in [0.25, 0.3) is 0 Å². The number of hydrogen-bond acceptors (Lipinski definition) is 6. The Bertz CT molecular complexity index is 1070. The number of sulfone groups is 1. The van der Waals surface area contributed by atoms with Gasteiger partial charge in [0.05, 0.1) is 16.4 Å². The van der Waals surface area contributed by atoms with Gasteiger partial charge in [-0.3, -0.25) is 9.69 Å². The number of nitrogens with two attached hydrogens (primary N) is 1. The van der Waals surface area contributed by atoms with Gasteiger partial charge in [0.1, 0.15) is 6.04 Å². The Morgan fingerprint density at radius 3 is 2.20 bits per heavy atom. The molecule has 1 heterocycles. The van der Waals surface area contributed by atoms with Gasteiger partial charge in [0.2, 0.25) is 15.9 Å². The van der Waals surface area contributed by atoms with E-state index in [1.165, 1.54) is 12.1 Å². The van der Waals surface area contributed by atoms with Gasteiger partial charge < -0.3 is 5.32 Å². The molecule has 0 radical (unpaired) electrons. The summed E-state index contributed by atoms with van der Waals surface area (Å²) in [5, 5.41) is 8.02. The van der Waals surface area contributed by atoms with Crippen LogP contribution in [0.2, 0.25) is 0 Å². The van der Waals surface area contributed by atoms with Crippen molar-refractivity contribution < 1.29 is 21.6 Å². The minimum absolute atomic E-state index is 0.0412. The van der Waals surface area contributed by atoms with Gasteiger partial charge in [0.15, 0.2) is 9.84 Å². The minimum atomic E-state index is -3.73. The number of amides is 1. The quantitative estimate of drug-likeness (QED) is 0.630. The summed E-state index contributed by atoms with van der Waals surface area (Å²) in [6, 6.07) is 14.9. The molecule has 162 valence electrons. The summed E-state index contributed by atoms with van der Waals surface area (Å²) in [6.45, 7) is 0.984. The first-order valence-electron chi connectivity index (χ1n) is 9.55. The number of carbonyl (C=O) groups is 1. The molecule has 30 heavy (non-hydrogen) atoms. The second kappa shape index (κ2) is 9.25. The van der Waals surface area contributed by atoms with Crippen molar-refractivity contribution in [3.05, 3.63) is 65.7 Å². The first kappa shape index (κ1) is 22.4. The topological polar surface area (TPSA) is 127 Å². The predicted octanol–water partition coefficient (Wildman–Crippen LogP) is 0.464. The molecule has 10 heteroatoms. The van der Waals surface area contributed by atoms with E-state index >= 15 is 0 Å². The molecule has 0 bridgehead atoms. The average Bonchev–Trinajstić information content (AvgIpc) is 2.70. The molecule has 3 N–H and O–H groups in total. The molecule has 1 aliphatic rings. The maximum atomic E-state index is 13.0. The van der Waals surface area contributed by atoms with Crippen molar-refractivity contribution >= 4 is 25.8 Å². The van der Waals surface area contributed by atoms with Crippen LogP contribution < -0.4 is 10.5 Å². The molecule has 2 aromatic rings. The molecule has 1 aliphatic heterocycles. The summed E-state index contributed by atoms with van der Waals surface area (Å²) in [5.41, 5.74) is 1.68. The third kappa shape index (κ3) is 5.88. The number of nitrogens with one attached hydrogen (secondary N) is 1. The van der Waals surface area contributed by atoms with Crippen LogP contribution in [0.15, 0.2) is 59.5 Å². The van der Waals surface area contributed by atoms with Crippen molar-refractivity contribution in [1.82, 2.24) is 10.2 Å². The van der Waals surface area contributed by atoms with Gasteiger partial charge in [-0.1, -0.05) is 42.5 Å². The fourth-order valence-electron chi connectivity index (χ4n) is 3.42. The fraction of sp³-hybridized carbons (Fsp3) is 0.350. The molecule has 3 rings (SSSR count). The van der Waals surface area contributed by atoms with Gasteiger partial charge >= 0.3 is 0 Å². The number of benzene rings is 2. The summed E-state index contributed by atoms with van der Waals surface area (Å²) < 4.78 is 46.2. The highest BCUT2D eigenvalue weighted by Crippen LogP contribution is 2.23. The number of carbonyl (C=O) groups excluding carboxylic acids is 1. The lowest BCUT2D eigenvalue weighted by atomic mass is 10.0. The van der Waals surface area contributed by atoms with Gasteiger partial charge in [0, 0.05) is 19.6 Å². The van der Waals surface area contributed by atoms with Crippen LogP contribution in [0.5, 0.6) is 0 Å². The molecule has 1 amide bonds. The second-order valence-electron chi connectivity index (χ2n) is 7.23. The number of nitrogens with zero attached hydrogens (tertiary/aromatic N) is 1. The Morgan fingerprint density at radius 1 is 1.03 bits per heavy atom. The second-order valence-corrected chi connectivity index (χ2v) is 11.1. The number of hydrogen-bond donors (Lipinski definition) is 2. The highest BCUT2D eigenvalue weighted by atomic mass is 32.2. The zero-order chi connectivity index (χ0) is 21.8. The lowest BCUT2D eigenvalue weighted by Crippen LogP contribution is -2.47. The zero-order valence-electron chi connectivity index (χ0n) is 16.4. The molecule has 0 aromatic heterocycles. The van der Waals surface area contributed by atoms with Gasteiger partial charge in [-0.25, -0.2) is 22.0 Å². The van der Waals surface area contributed by atoms with Crippen LogP contribution in [0.3, 0.4) is 0 Å². The van der Waals surface area contributed by atoms with Crippen molar-refractivity contribution in [2.75, 3.05) is 31.1 Å². The molecule has 2 aromatic carbocycles. The van der Waals surface area contributed by atoms with Crippen LogP contribution in [0.1, 0.15) is 17.2 Å². The van der Waals surface area contributed by atoms with E-state index in [0.717, 1.165) is 11.1 Å². The number of rotatable bonds is 7. The van der Waals surface area contributed by atoms with E-state index in [4.69, 9.17) is 5.14 Å². The van der Waals surface area contributed by atoms with Crippen molar-refractivity contribution in [1.29, 1.82) is 0 Å². The summed E-state index contributed by atoms with van der Waals surface area (Å²) >= 11 is 0. The average molecular weight is 452 g/mol. The fourth-order valence-corrected chi connectivity index (χ4v) is 5.17. The van der Waals surface area contributed by atoms with E-state index in [1.807, 2.05) is 35.2 Å². The summed E-state index contributed by atoms with van der Waals surface area (Å²) in [6.07, 6.45) is 0.520. The Kier molecular flexibility index (Phi) is 6.91. The molecule has 1 unspecified atom stereocenters. The molecule has 1 atom stereocenters. The smallest absolute Gasteiger partial charge is 0.241 e. The highest BCUT2D eigenvalue weighted by Gasteiger charge is 2.32. The lowest BCUT2D eigenvalue weighted by Gasteiger charge is -2.33. The summed E-state index contributed by atoms with van der Waals surface area (Å²) in [7, 11) is -6.78. The Morgan fingerprint density at radius 2 is 1.63 bits per heavy atom. The molecule has 0 spiro atoms. The Balaban J connectivity index is 1.65. The third-order valence-corrected chi connectivity index (χ3v) is 7.61. The first-order valence-corrected chi connectivity index (χ1v) is 12.9. The Labute approximate surface area is 177 Å². The first-order chi connectivity index (χ1) is 14.2. The van der Waals surface area contributed by atoms with Crippen LogP contribution in [0, 0.1) is 0 Å². The zero-order valence-corrected chi connectivity index (χ0v) is 18.0. The molecule has 0 saturated carbocycles. The van der Waals surface area contributed by atoms with Crippen molar-refractivity contribution in [3.63, 3.8) is 0 Å². The monoisotopic (exact) mass is 451 g/mol. The predicted molar refractivity (Wildman–Crippen MR) is 114 cm³/mol. The molecule has 8 nitrogen and oxygen atoms in total. The van der Waals surface area contributed by atoms with Crippen molar-refractivity contribution in [2.24, 2.45) is 5.14 Å². The molecular formula is C20H25N3O5S2. The van der Waals surface area contributed by atoms with E-state index in [0.29, 0.717) is 26.1 Å². The van der Waals surface area contributed by atoms with Gasteiger partial charge in [-0.05, 0) is 29.7 Å². The van der Waals surface area contributed by atoms with E-state index in [2.05, 4.69) is 5.32 Å². The van der Waals surface area contributed by atoms with Gasteiger partial charge in [-0.15, -0.1) is 0 Å². The third-order valence-electron chi connectivity index (χ3n) is 5.07.